The van der Waals surface area contributed by atoms with Gasteiger partial charge in [0, 0.05) is 35.6 Å². The van der Waals surface area contributed by atoms with E-state index in [0.29, 0.717) is 0 Å². The lowest BCUT2D eigenvalue weighted by atomic mass is 10.1. The molecular formula is C15H20N2S. The maximum Gasteiger partial charge on any atom is 0.0314 e. The number of benzene rings is 1. The molecular weight excluding hydrogens is 240 g/mol. The van der Waals surface area contributed by atoms with Crippen LogP contribution in [0.3, 0.4) is 0 Å². The Balaban J connectivity index is 1.82. The summed E-state index contributed by atoms with van der Waals surface area (Å²) in [5.74, 6) is 1.08. The number of nitrogens with zero attached hydrogens (tertiary/aromatic N) is 1. The second-order valence-electron chi connectivity index (χ2n) is 4.36. The number of aromatic nitrogens is 1. The molecule has 0 aliphatic carbocycles. The summed E-state index contributed by atoms with van der Waals surface area (Å²) in [7, 11) is 0. The summed E-state index contributed by atoms with van der Waals surface area (Å²) in [6.07, 6.45) is 5.28. The topological polar surface area (TPSA) is 30.9 Å². The molecule has 1 aromatic heterocycles. The molecule has 0 saturated heterocycles. The summed E-state index contributed by atoms with van der Waals surface area (Å²) in [5.41, 5.74) is 7.25. The first-order chi connectivity index (χ1) is 8.79. The Morgan fingerprint density at radius 1 is 1.22 bits per heavy atom. The van der Waals surface area contributed by atoms with Gasteiger partial charge in [0.25, 0.3) is 0 Å². The van der Waals surface area contributed by atoms with Crippen molar-refractivity contribution in [2.45, 2.75) is 30.8 Å². The molecule has 1 atom stereocenters. The summed E-state index contributed by atoms with van der Waals surface area (Å²) < 4.78 is 2.22. The van der Waals surface area contributed by atoms with Crippen LogP contribution in [0.1, 0.15) is 24.9 Å². The van der Waals surface area contributed by atoms with Crippen molar-refractivity contribution in [1.29, 1.82) is 0 Å². The van der Waals surface area contributed by atoms with Crippen molar-refractivity contribution in [2.75, 3.05) is 5.75 Å². The maximum absolute atomic E-state index is 6.01. The number of rotatable bonds is 6. The average Bonchev–Trinajstić information content (AvgIpc) is 2.88. The van der Waals surface area contributed by atoms with E-state index in [4.69, 9.17) is 5.73 Å². The molecule has 2 nitrogen and oxygen atoms in total. The lowest BCUT2D eigenvalue weighted by Gasteiger charge is -2.06. The van der Waals surface area contributed by atoms with Gasteiger partial charge in [-0.25, -0.2) is 0 Å². The summed E-state index contributed by atoms with van der Waals surface area (Å²) >= 11 is 1.89. The highest BCUT2D eigenvalue weighted by molar-refractivity contribution is 7.99. The summed E-state index contributed by atoms with van der Waals surface area (Å²) in [4.78, 5) is 1.33. The summed E-state index contributed by atoms with van der Waals surface area (Å²) in [6.45, 7) is 3.14. The standard InChI is InChI=1S/C15H20N2S/c1-2-15(16)13-8-9-17(12-13)10-11-18-14-6-4-3-5-7-14/h3-9,12,15H,2,10-11,16H2,1H3. The van der Waals surface area contributed by atoms with Gasteiger partial charge in [0.15, 0.2) is 0 Å². The maximum atomic E-state index is 6.01. The highest BCUT2D eigenvalue weighted by Crippen LogP contribution is 2.18. The van der Waals surface area contributed by atoms with Crippen LogP contribution >= 0.6 is 11.8 Å². The van der Waals surface area contributed by atoms with Crippen LogP contribution in [0, 0.1) is 0 Å². The second kappa shape index (κ2) is 6.66. The predicted octanol–water partition coefficient (Wildman–Crippen LogP) is 3.69. The Bertz CT molecular complexity index is 464. The molecule has 0 saturated carbocycles. The minimum absolute atomic E-state index is 0.174. The Kier molecular flexibility index (Phi) is 4.90. The smallest absolute Gasteiger partial charge is 0.0314 e. The quantitative estimate of drug-likeness (QED) is 0.803. The lowest BCUT2D eigenvalue weighted by Crippen LogP contribution is -2.07. The van der Waals surface area contributed by atoms with E-state index in [9.17, 15) is 0 Å². The Labute approximate surface area is 113 Å². The van der Waals surface area contributed by atoms with Crippen LogP contribution in [0.4, 0.5) is 0 Å². The molecule has 2 aromatic rings. The molecule has 2 rings (SSSR count). The lowest BCUT2D eigenvalue weighted by molar-refractivity contribution is 0.691. The monoisotopic (exact) mass is 260 g/mol. The van der Waals surface area contributed by atoms with Crippen LogP contribution in [0.15, 0.2) is 53.7 Å². The number of aryl methyl sites for hydroxylation is 1. The molecule has 1 aromatic carbocycles. The highest BCUT2D eigenvalue weighted by atomic mass is 32.2. The molecule has 0 aliphatic rings. The third kappa shape index (κ3) is 3.65. The van der Waals surface area contributed by atoms with Crippen LogP contribution in [0.2, 0.25) is 0 Å². The molecule has 0 amide bonds. The van der Waals surface area contributed by atoms with Crippen LogP contribution < -0.4 is 5.73 Å². The first kappa shape index (κ1) is 13.2. The third-order valence-electron chi connectivity index (χ3n) is 3.00. The number of thioether (sulfide) groups is 1. The molecule has 18 heavy (non-hydrogen) atoms. The van der Waals surface area contributed by atoms with Crippen molar-refractivity contribution in [2.24, 2.45) is 5.73 Å². The molecule has 2 N–H and O–H groups in total. The number of hydrogen-bond donors (Lipinski definition) is 1. The fourth-order valence-corrected chi connectivity index (χ4v) is 2.73. The first-order valence-corrected chi connectivity index (χ1v) is 7.37. The van der Waals surface area contributed by atoms with Crippen molar-refractivity contribution >= 4 is 11.8 Å². The second-order valence-corrected chi connectivity index (χ2v) is 5.53. The van der Waals surface area contributed by atoms with E-state index < -0.39 is 0 Å². The van der Waals surface area contributed by atoms with Crippen molar-refractivity contribution in [3.63, 3.8) is 0 Å². The minimum atomic E-state index is 0.174. The zero-order valence-electron chi connectivity index (χ0n) is 10.8. The van der Waals surface area contributed by atoms with E-state index in [2.05, 4.69) is 60.3 Å². The van der Waals surface area contributed by atoms with Crippen LogP contribution in [0.5, 0.6) is 0 Å². The van der Waals surface area contributed by atoms with Gasteiger partial charge in [-0.05, 0) is 30.2 Å². The average molecular weight is 260 g/mol. The SMILES string of the molecule is CCC(N)c1ccn(CCSc2ccccc2)c1. The van der Waals surface area contributed by atoms with Gasteiger partial charge >= 0.3 is 0 Å². The minimum Gasteiger partial charge on any atom is -0.353 e. The van der Waals surface area contributed by atoms with Crippen molar-refractivity contribution in [3.8, 4) is 0 Å². The van der Waals surface area contributed by atoms with E-state index in [0.717, 1.165) is 18.7 Å². The Morgan fingerprint density at radius 3 is 2.72 bits per heavy atom. The predicted molar refractivity (Wildman–Crippen MR) is 78.8 cm³/mol. The first-order valence-electron chi connectivity index (χ1n) is 6.38. The Morgan fingerprint density at radius 2 is 2.00 bits per heavy atom. The molecule has 0 spiro atoms. The van der Waals surface area contributed by atoms with Crippen LogP contribution in [-0.4, -0.2) is 10.3 Å². The Hall–Kier alpha value is -1.19. The van der Waals surface area contributed by atoms with E-state index in [1.165, 1.54) is 10.5 Å². The highest BCUT2D eigenvalue weighted by Gasteiger charge is 2.04. The van der Waals surface area contributed by atoms with Crippen molar-refractivity contribution in [1.82, 2.24) is 4.57 Å². The van der Waals surface area contributed by atoms with Gasteiger partial charge in [-0.2, -0.15) is 0 Å². The fourth-order valence-electron chi connectivity index (χ4n) is 1.84. The van der Waals surface area contributed by atoms with Crippen LogP contribution in [-0.2, 0) is 6.54 Å². The molecule has 3 heteroatoms. The van der Waals surface area contributed by atoms with Gasteiger partial charge in [0.1, 0.15) is 0 Å². The van der Waals surface area contributed by atoms with Crippen molar-refractivity contribution < 1.29 is 0 Å². The molecule has 1 heterocycles. The molecule has 0 aliphatic heterocycles. The normalized spacial score (nSPS) is 12.6. The zero-order valence-corrected chi connectivity index (χ0v) is 11.6. The third-order valence-corrected chi connectivity index (χ3v) is 3.99. The van der Waals surface area contributed by atoms with Crippen LogP contribution in [0.25, 0.3) is 0 Å². The van der Waals surface area contributed by atoms with Gasteiger partial charge in [-0.15, -0.1) is 11.8 Å². The fraction of sp³-hybridized carbons (Fsp3) is 0.333. The van der Waals surface area contributed by atoms with E-state index in [-0.39, 0.29) is 6.04 Å². The van der Waals surface area contributed by atoms with Gasteiger partial charge in [-0.3, -0.25) is 0 Å². The van der Waals surface area contributed by atoms with Gasteiger partial charge < -0.3 is 10.3 Å². The molecule has 0 radical (unpaired) electrons. The number of hydrogen-bond acceptors (Lipinski definition) is 2. The number of nitrogens with two attached hydrogens (primary N) is 1. The summed E-state index contributed by atoms with van der Waals surface area (Å²) in [6, 6.07) is 12.8. The van der Waals surface area contributed by atoms with E-state index >= 15 is 0 Å². The summed E-state index contributed by atoms with van der Waals surface area (Å²) in [5, 5.41) is 0. The largest absolute Gasteiger partial charge is 0.353 e. The molecule has 0 fully saturated rings. The molecule has 1 unspecified atom stereocenters. The van der Waals surface area contributed by atoms with Crippen molar-refractivity contribution in [3.05, 3.63) is 54.4 Å². The van der Waals surface area contributed by atoms with Gasteiger partial charge in [0.2, 0.25) is 0 Å². The zero-order chi connectivity index (χ0) is 12.8. The molecule has 96 valence electrons. The van der Waals surface area contributed by atoms with E-state index in [1.807, 2.05) is 11.8 Å². The molecule has 0 bridgehead atoms. The van der Waals surface area contributed by atoms with Gasteiger partial charge in [-0.1, -0.05) is 25.1 Å². The van der Waals surface area contributed by atoms with Gasteiger partial charge in [0.05, 0.1) is 0 Å². The van der Waals surface area contributed by atoms with E-state index in [1.54, 1.807) is 0 Å².